The molecule has 0 unspecified atom stereocenters. The Morgan fingerprint density at radius 3 is 2.47 bits per heavy atom. The monoisotopic (exact) mass is 260 g/mol. The Kier molecular flexibility index (Phi) is 3.87. The standard InChI is InChI=1S/C9H9ClN2OS2/c1-9(2,3)7(13)5(4-11)6-8(10)12-15-14-6/h1-3H3/b6-5-. The molecule has 1 aliphatic rings. The lowest BCUT2D eigenvalue weighted by Gasteiger charge is -2.16. The number of Topliss-reactive ketones (excluding diaryl/α,β-unsaturated/α-hetero) is 1. The summed E-state index contributed by atoms with van der Waals surface area (Å²) < 4.78 is 3.85. The molecule has 0 aromatic heterocycles. The minimum Gasteiger partial charge on any atom is -0.293 e. The number of nitriles is 1. The number of rotatable bonds is 1. The number of hydrogen-bond acceptors (Lipinski definition) is 5. The Labute approximate surface area is 101 Å². The first-order valence-electron chi connectivity index (χ1n) is 4.14. The smallest absolute Gasteiger partial charge is 0.179 e. The molecule has 0 aliphatic carbocycles. The molecule has 6 heteroatoms. The topological polar surface area (TPSA) is 53.2 Å². The summed E-state index contributed by atoms with van der Waals surface area (Å²) in [5, 5.41) is 9.21. The maximum absolute atomic E-state index is 11.9. The summed E-state index contributed by atoms with van der Waals surface area (Å²) in [6.07, 6.45) is 0. The van der Waals surface area contributed by atoms with E-state index in [4.69, 9.17) is 16.9 Å². The average Bonchev–Trinajstić information content (AvgIpc) is 2.52. The highest BCUT2D eigenvalue weighted by atomic mass is 35.5. The summed E-state index contributed by atoms with van der Waals surface area (Å²) in [5.74, 6) is -0.205. The molecule has 80 valence electrons. The zero-order chi connectivity index (χ0) is 11.6. The maximum Gasteiger partial charge on any atom is 0.179 e. The number of nitrogens with zero attached hydrogens (tertiary/aromatic N) is 2. The van der Waals surface area contributed by atoms with Gasteiger partial charge in [-0.3, -0.25) is 4.79 Å². The second-order valence-corrected chi connectivity index (χ2v) is 6.15. The Bertz CT molecular complexity index is 401. The molecule has 15 heavy (non-hydrogen) atoms. The molecule has 0 radical (unpaired) electrons. The molecular weight excluding hydrogens is 252 g/mol. The Hall–Kier alpha value is -0.440. The number of carbonyl (C=O) groups excluding carboxylic acids is 1. The van der Waals surface area contributed by atoms with Gasteiger partial charge in [0, 0.05) is 5.41 Å². The highest BCUT2D eigenvalue weighted by Crippen LogP contribution is 2.43. The second-order valence-electron chi connectivity index (χ2n) is 3.94. The molecule has 0 bridgehead atoms. The SMILES string of the molecule is CC(C)(C)C(=O)/C(C#N)=C1\SSN=C1Cl. The van der Waals surface area contributed by atoms with Gasteiger partial charge in [-0.05, 0) is 10.8 Å². The van der Waals surface area contributed by atoms with Gasteiger partial charge >= 0.3 is 0 Å². The predicted molar refractivity (Wildman–Crippen MR) is 65.6 cm³/mol. The molecule has 1 aliphatic heterocycles. The highest BCUT2D eigenvalue weighted by molar-refractivity contribution is 8.78. The molecule has 0 saturated heterocycles. The van der Waals surface area contributed by atoms with E-state index in [1.165, 1.54) is 21.8 Å². The van der Waals surface area contributed by atoms with E-state index in [9.17, 15) is 4.79 Å². The van der Waals surface area contributed by atoms with Crippen molar-refractivity contribution in [3.8, 4) is 6.07 Å². The molecule has 1 heterocycles. The van der Waals surface area contributed by atoms with Gasteiger partial charge in [-0.25, -0.2) is 0 Å². The van der Waals surface area contributed by atoms with Crippen LogP contribution in [0.1, 0.15) is 20.8 Å². The van der Waals surface area contributed by atoms with Crippen LogP contribution in [0.5, 0.6) is 0 Å². The fourth-order valence-corrected chi connectivity index (χ4v) is 3.17. The van der Waals surface area contributed by atoms with Crippen LogP contribution in [-0.2, 0) is 4.79 Å². The summed E-state index contributed by atoms with van der Waals surface area (Å²) in [5.41, 5.74) is -0.477. The number of halogens is 1. The van der Waals surface area contributed by atoms with Gasteiger partial charge in [-0.2, -0.15) is 9.66 Å². The molecule has 0 N–H and O–H groups in total. The number of ketones is 1. The molecular formula is C9H9ClN2OS2. The number of allylic oxidation sites excluding steroid dienone is 2. The Balaban J connectivity index is 3.17. The third kappa shape index (κ3) is 2.77. The van der Waals surface area contributed by atoms with E-state index < -0.39 is 5.41 Å². The Morgan fingerprint density at radius 2 is 2.13 bits per heavy atom. The summed E-state index contributed by atoms with van der Waals surface area (Å²) in [6.45, 7) is 5.31. The van der Waals surface area contributed by atoms with Crippen LogP contribution in [0.3, 0.4) is 0 Å². The van der Waals surface area contributed by atoms with Crippen LogP contribution in [0.2, 0.25) is 0 Å². The minimum absolute atomic E-state index is 0.103. The van der Waals surface area contributed by atoms with E-state index in [1.807, 2.05) is 6.07 Å². The van der Waals surface area contributed by atoms with Crippen molar-refractivity contribution >= 4 is 44.3 Å². The molecule has 0 amide bonds. The summed E-state index contributed by atoms with van der Waals surface area (Å²) in [6, 6.07) is 1.91. The van der Waals surface area contributed by atoms with Gasteiger partial charge in [0.05, 0.1) is 15.9 Å². The summed E-state index contributed by atoms with van der Waals surface area (Å²) in [7, 11) is 2.42. The normalized spacial score (nSPS) is 19.5. The first-order valence-corrected chi connectivity index (χ1v) is 6.63. The van der Waals surface area contributed by atoms with Crippen molar-refractivity contribution in [2.24, 2.45) is 9.81 Å². The van der Waals surface area contributed by atoms with E-state index in [-0.39, 0.29) is 16.5 Å². The fourth-order valence-electron chi connectivity index (χ4n) is 0.889. The van der Waals surface area contributed by atoms with E-state index in [1.54, 1.807) is 20.8 Å². The molecule has 0 spiro atoms. The third-order valence-corrected chi connectivity index (χ3v) is 4.00. The van der Waals surface area contributed by atoms with Crippen LogP contribution in [-0.4, -0.2) is 11.0 Å². The molecule has 0 aromatic rings. The lowest BCUT2D eigenvalue weighted by molar-refractivity contribution is -0.122. The van der Waals surface area contributed by atoms with Crippen molar-refractivity contribution in [3.63, 3.8) is 0 Å². The third-order valence-electron chi connectivity index (χ3n) is 1.67. The number of carbonyl (C=O) groups is 1. The van der Waals surface area contributed by atoms with Crippen molar-refractivity contribution < 1.29 is 4.79 Å². The minimum atomic E-state index is -0.580. The van der Waals surface area contributed by atoms with Gasteiger partial charge in [0.2, 0.25) is 0 Å². The van der Waals surface area contributed by atoms with Crippen molar-refractivity contribution in [1.82, 2.24) is 0 Å². The molecule has 0 atom stereocenters. The van der Waals surface area contributed by atoms with Gasteiger partial charge in [0.1, 0.15) is 11.6 Å². The molecule has 0 fully saturated rings. The fraction of sp³-hybridized carbons (Fsp3) is 0.444. The number of hydrogen-bond donors (Lipinski definition) is 0. The van der Waals surface area contributed by atoms with Gasteiger partial charge < -0.3 is 0 Å². The van der Waals surface area contributed by atoms with Crippen molar-refractivity contribution in [1.29, 1.82) is 5.26 Å². The van der Waals surface area contributed by atoms with Gasteiger partial charge in [0.25, 0.3) is 0 Å². The Morgan fingerprint density at radius 1 is 1.53 bits per heavy atom. The molecule has 0 saturated carbocycles. The van der Waals surface area contributed by atoms with E-state index >= 15 is 0 Å². The van der Waals surface area contributed by atoms with Crippen LogP contribution in [0, 0.1) is 16.7 Å². The molecule has 1 rings (SSSR count). The maximum atomic E-state index is 11.9. The van der Waals surface area contributed by atoms with Gasteiger partial charge in [-0.15, -0.1) is 0 Å². The molecule has 3 nitrogen and oxygen atoms in total. The van der Waals surface area contributed by atoms with Crippen molar-refractivity contribution in [2.75, 3.05) is 0 Å². The van der Waals surface area contributed by atoms with Crippen molar-refractivity contribution in [2.45, 2.75) is 20.8 Å². The van der Waals surface area contributed by atoms with Gasteiger partial charge in [0.15, 0.2) is 11.0 Å². The first kappa shape index (κ1) is 12.6. The summed E-state index contributed by atoms with van der Waals surface area (Å²) in [4.78, 5) is 12.4. The van der Waals surface area contributed by atoms with Crippen LogP contribution in [0.4, 0.5) is 0 Å². The highest BCUT2D eigenvalue weighted by Gasteiger charge is 2.30. The quantitative estimate of drug-likeness (QED) is 0.314. The zero-order valence-corrected chi connectivity index (χ0v) is 10.9. The average molecular weight is 261 g/mol. The zero-order valence-electron chi connectivity index (χ0n) is 8.50. The van der Waals surface area contributed by atoms with E-state index in [0.29, 0.717) is 4.91 Å². The van der Waals surface area contributed by atoms with Crippen molar-refractivity contribution in [3.05, 3.63) is 10.5 Å². The van der Waals surface area contributed by atoms with Crippen LogP contribution < -0.4 is 0 Å². The largest absolute Gasteiger partial charge is 0.293 e. The lowest BCUT2D eigenvalue weighted by Crippen LogP contribution is -2.22. The predicted octanol–water partition coefficient (Wildman–Crippen LogP) is 3.33. The van der Waals surface area contributed by atoms with Gasteiger partial charge in [-0.1, -0.05) is 32.4 Å². The molecule has 0 aromatic carbocycles. The van der Waals surface area contributed by atoms with Crippen LogP contribution in [0.15, 0.2) is 14.9 Å². The lowest BCUT2D eigenvalue weighted by atomic mass is 9.86. The van der Waals surface area contributed by atoms with Crippen LogP contribution in [0.25, 0.3) is 0 Å². The first-order chi connectivity index (χ1) is 6.88. The van der Waals surface area contributed by atoms with Crippen LogP contribution >= 0.6 is 33.4 Å². The second kappa shape index (κ2) is 4.60. The summed E-state index contributed by atoms with van der Waals surface area (Å²) >= 11 is 5.79. The van der Waals surface area contributed by atoms with E-state index in [0.717, 1.165) is 0 Å². The van der Waals surface area contributed by atoms with E-state index in [2.05, 4.69) is 4.40 Å².